The highest BCUT2D eigenvalue weighted by Gasteiger charge is 2.57. The monoisotopic (exact) mass is 853 g/mol. The molecular weight excluding hydrogens is 798 g/mol. The van der Waals surface area contributed by atoms with Crippen LogP contribution in [0.1, 0.15) is 13.8 Å². The number of carbonyl (C=O) groups excluding carboxylic acids is 1. The van der Waals surface area contributed by atoms with E-state index in [4.69, 9.17) is 42.6 Å². The molecule has 5 heterocycles. The predicted octanol–water partition coefficient (Wildman–Crippen LogP) is -10.8. The molecule has 26 heteroatoms. The fourth-order valence-corrected chi connectivity index (χ4v) is 7.37. The zero-order chi connectivity index (χ0) is 42.9. The number of aliphatic hydroxyl groups is 15. The van der Waals surface area contributed by atoms with Gasteiger partial charge in [-0.25, -0.2) is 0 Å². The summed E-state index contributed by atoms with van der Waals surface area (Å²) in [6.07, 6.45) is -43.6. The minimum atomic E-state index is -2.12. The molecule has 16 N–H and O–H groups in total. The average Bonchev–Trinajstić information content (AvgIpc) is 3.19. The second-order valence-corrected chi connectivity index (χ2v) is 14.7. The molecule has 25 atom stereocenters. The van der Waals surface area contributed by atoms with Crippen LogP contribution in [0.15, 0.2) is 0 Å². The molecule has 0 aromatic carbocycles. The molecule has 0 saturated carbocycles. The van der Waals surface area contributed by atoms with Gasteiger partial charge in [0.1, 0.15) is 116 Å². The number of hydrogen-bond acceptors (Lipinski definition) is 25. The molecule has 0 bridgehead atoms. The van der Waals surface area contributed by atoms with Crippen LogP contribution in [0, 0.1) is 0 Å². The summed E-state index contributed by atoms with van der Waals surface area (Å²) in [5.74, 6) is -0.837. The van der Waals surface area contributed by atoms with Gasteiger partial charge in [-0.15, -0.1) is 0 Å². The fraction of sp³-hybridized carbons (Fsp3) is 0.969. The van der Waals surface area contributed by atoms with Gasteiger partial charge >= 0.3 is 0 Å². The number of nitrogens with one attached hydrogen (secondary N) is 1. The number of hydrogen-bond donors (Lipinski definition) is 16. The van der Waals surface area contributed by atoms with E-state index in [2.05, 4.69) is 5.32 Å². The minimum Gasteiger partial charge on any atom is -0.394 e. The first-order valence-corrected chi connectivity index (χ1v) is 18.5. The van der Waals surface area contributed by atoms with Gasteiger partial charge in [-0.2, -0.15) is 0 Å². The molecule has 0 aliphatic carbocycles. The van der Waals surface area contributed by atoms with Crippen LogP contribution in [0.4, 0.5) is 0 Å². The molecular formula is C32H55NO25. The molecule has 5 fully saturated rings. The lowest BCUT2D eigenvalue weighted by atomic mass is 9.93. The normalized spacial score (nSPS) is 51.6. The van der Waals surface area contributed by atoms with Crippen LogP contribution in [0.3, 0.4) is 0 Å². The first-order valence-electron chi connectivity index (χ1n) is 18.5. The van der Waals surface area contributed by atoms with Crippen LogP contribution in [0.25, 0.3) is 0 Å². The standard InChI is InChI=1S/C32H55NO25/c1-7-14(39)17(42)21(46)30(50-7)56-25-12(6-37)54-29(13(33-8(2)38)26(25)57-31-22(47)18(43)15(40)9(3-34)52-31)58-27-16(41)10(4-35)53-32(23(27)48)55-24-11(5-36)51-28(49)20(45)19(24)44/h7,9-32,34-37,39-49H,3-6H2,1-2H3,(H,33,38)/t7-,9+,10+,11+,12+,13+,14+,15-,16-,17+,18-,19+,20+,21-,22+,23+,24+,25+,26+,27-,28+,29-,30-,31-,32-/m0/s1. The Labute approximate surface area is 329 Å². The maximum atomic E-state index is 12.8. The summed E-state index contributed by atoms with van der Waals surface area (Å²) in [5, 5.41) is 159. The van der Waals surface area contributed by atoms with E-state index in [1.54, 1.807) is 0 Å². The van der Waals surface area contributed by atoms with E-state index in [1.165, 1.54) is 6.92 Å². The van der Waals surface area contributed by atoms with Crippen LogP contribution in [-0.4, -0.2) is 262 Å². The number of amides is 1. The zero-order valence-corrected chi connectivity index (χ0v) is 31.1. The first-order chi connectivity index (χ1) is 27.4. The highest BCUT2D eigenvalue weighted by molar-refractivity contribution is 5.73. The largest absolute Gasteiger partial charge is 0.394 e. The summed E-state index contributed by atoms with van der Waals surface area (Å²) in [4.78, 5) is 12.8. The van der Waals surface area contributed by atoms with Gasteiger partial charge in [0.15, 0.2) is 31.5 Å². The number of carbonyl (C=O) groups is 1. The molecule has 0 spiro atoms. The quantitative estimate of drug-likeness (QED) is 0.0818. The van der Waals surface area contributed by atoms with Gasteiger partial charge in [-0.3, -0.25) is 4.79 Å². The molecule has 0 aromatic rings. The third-order valence-corrected chi connectivity index (χ3v) is 10.7. The molecule has 0 unspecified atom stereocenters. The van der Waals surface area contributed by atoms with E-state index in [0.717, 1.165) is 6.92 Å². The van der Waals surface area contributed by atoms with Crippen molar-refractivity contribution in [1.29, 1.82) is 0 Å². The van der Waals surface area contributed by atoms with Gasteiger partial charge in [0.05, 0.1) is 32.5 Å². The maximum absolute atomic E-state index is 12.8. The van der Waals surface area contributed by atoms with Crippen LogP contribution >= 0.6 is 0 Å². The second-order valence-electron chi connectivity index (χ2n) is 14.7. The summed E-state index contributed by atoms with van der Waals surface area (Å²) in [7, 11) is 0. The second kappa shape index (κ2) is 20.1. The molecule has 58 heavy (non-hydrogen) atoms. The van der Waals surface area contributed by atoms with Crippen LogP contribution in [0.5, 0.6) is 0 Å². The highest BCUT2D eigenvalue weighted by Crippen LogP contribution is 2.36. The molecule has 5 aliphatic rings. The fourth-order valence-electron chi connectivity index (χ4n) is 7.37. The Bertz CT molecular complexity index is 1300. The lowest BCUT2D eigenvalue weighted by Crippen LogP contribution is -2.71. The first kappa shape index (κ1) is 47.6. The van der Waals surface area contributed by atoms with E-state index < -0.39 is 186 Å². The summed E-state index contributed by atoms with van der Waals surface area (Å²) in [5.41, 5.74) is 0. The molecule has 5 rings (SSSR count). The molecule has 26 nitrogen and oxygen atoms in total. The molecule has 0 radical (unpaired) electrons. The van der Waals surface area contributed by atoms with E-state index in [0.29, 0.717) is 0 Å². The Morgan fingerprint density at radius 3 is 1.47 bits per heavy atom. The minimum absolute atomic E-state index is 0.837. The summed E-state index contributed by atoms with van der Waals surface area (Å²) in [6.45, 7) is -1.37. The lowest BCUT2D eigenvalue weighted by Gasteiger charge is -2.51. The van der Waals surface area contributed by atoms with Crippen LogP contribution in [-0.2, 0) is 47.4 Å². The number of ether oxygens (including phenoxy) is 9. The van der Waals surface area contributed by atoms with Crippen molar-refractivity contribution in [1.82, 2.24) is 5.32 Å². The highest BCUT2D eigenvalue weighted by atomic mass is 16.8. The third kappa shape index (κ3) is 9.75. The topological polar surface area (TPSA) is 416 Å². The Balaban J connectivity index is 1.50. The molecule has 5 aliphatic heterocycles. The van der Waals surface area contributed by atoms with E-state index in [1.807, 2.05) is 0 Å². The molecule has 0 aromatic heterocycles. The van der Waals surface area contributed by atoms with Gasteiger partial charge in [0.2, 0.25) is 5.91 Å². The lowest BCUT2D eigenvalue weighted by molar-refractivity contribution is -0.391. The van der Waals surface area contributed by atoms with Gasteiger partial charge in [0, 0.05) is 6.92 Å². The van der Waals surface area contributed by atoms with Crippen molar-refractivity contribution in [2.45, 2.75) is 167 Å². The van der Waals surface area contributed by atoms with Crippen molar-refractivity contribution in [2.24, 2.45) is 0 Å². The summed E-state index contributed by atoms with van der Waals surface area (Å²) >= 11 is 0. The molecule has 1 amide bonds. The van der Waals surface area contributed by atoms with Crippen LogP contribution in [0.2, 0.25) is 0 Å². The Morgan fingerprint density at radius 1 is 0.448 bits per heavy atom. The van der Waals surface area contributed by atoms with E-state index in [-0.39, 0.29) is 0 Å². The molecule has 5 saturated heterocycles. The van der Waals surface area contributed by atoms with Crippen molar-refractivity contribution < 1.29 is 124 Å². The van der Waals surface area contributed by atoms with Crippen LogP contribution < -0.4 is 5.32 Å². The van der Waals surface area contributed by atoms with Crippen molar-refractivity contribution >= 4 is 5.91 Å². The van der Waals surface area contributed by atoms with Crippen molar-refractivity contribution in [2.75, 3.05) is 26.4 Å². The van der Waals surface area contributed by atoms with Crippen molar-refractivity contribution in [3.63, 3.8) is 0 Å². The third-order valence-electron chi connectivity index (χ3n) is 10.7. The SMILES string of the molecule is CC(=O)N[C@H]1[C@H](O[C@H]2[C@@H](O)[C@@H](CO)O[C@@H](O[C@H]3[C@H](O)[C@@H](O)[C@H](O)O[C@@H]3CO)[C@@H]2O)O[C@H](CO)[C@@H](O[C@@H]2O[C@@H](C)[C@@H](O)[C@@H](O)[C@@H]2O)[C@@H]1O[C@@H]1O[C@H](CO)[C@H](O)[C@H](O)[C@H]1O. The van der Waals surface area contributed by atoms with E-state index >= 15 is 0 Å². The Morgan fingerprint density at radius 2 is 0.897 bits per heavy atom. The average molecular weight is 854 g/mol. The maximum Gasteiger partial charge on any atom is 0.217 e. The number of aliphatic hydroxyl groups excluding tert-OH is 15. The van der Waals surface area contributed by atoms with Crippen molar-refractivity contribution in [3.05, 3.63) is 0 Å². The summed E-state index contributed by atoms with van der Waals surface area (Å²) < 4.78 is 51.4. The van der Waals surface area contributed by atoms with Crippen molar-refractivity contribution in [3.8, 4) is 0 Å². The zero-order valence-electron chi connectivity index (χ0n) is 31.1. The Hall–Kier alpha value is -1.49. The summed E-state index contributed by atoms with van der Waals surface area (Å²) in [6, 6.07) is -1.75. The van der Waals surface area contributed by atoms with E-state index in [9.17, 15) is 81.4 Å². The molecule has 338 valence electrons. The smallest absolute Gasteiger partial charge is 0.217 e. The van der Waals surface area contributed by atoms with Gasteiger partial charge in [-0.05, 0) is 6.92 Å². The predicted molar refractivity (Wildman–Crippen MR) is 177 cm³/mol. The van der Waals surface area contributed by atoms with Gasteiger partial charge < -0.3 is 125 Å². The Kier molecular flexibility index (Phi) is 16.5. The number of rotatable bonds is 13. The van der Waals surface area contributed by atoms with Gasteiger partial charge in [-0.1, -0.05) is 0 Å². The van der Waals surface area contributed by atoms with Gasteiger partial charge in [0.25, 0.3) is 0 Å².